The molecule has 7 heteroatoms. The van der Waals surface area contributed by atoms with Crippen LogP contribution in [0.3, 0.4) is 0 Å². The summed E-state index contributed by atoms with van der Waals surface area (Å²) in [6, 6.07) is 4.37. The summed E-state index contributed by atoms with van der Waals surface area (Å²) in [4.78, 5) is 0. The zero-order valence-corrected chi connectivity index (χ0v) is 11.2. The Morgan fingerprint density at radius 1 is 1.11 bits per heavy atom. The minimum Gasteiger partial charge on any atom is -0.269 e. The van der Waals surface area contributed by atoms with Crippen molar-refractivity contribution < 1.29 is 9.60 Å². The Hall–Kier alpha value is -0.940. The van der Waals surface area contributed by atoms with Gasteiger partial charge in [-0.2, -0.15) is 5.17 Å². The van der Waals surface area contributed by atoms with Crippen LogP contribution in [-0.2, 0) is 6.54 Å². The lowest BCUT2D eigenvalue weighted by Gasteiger charge is -2.31. The van der Waals surface area contributed by atoms with Crippen LogP contribution in [0.5, 0.6) is 0 Å². The van der Waals surface area contributed by atoms with Crippen molar-refractivity contribution in [3.63, 3.8) is 0 Å². The van der Waals surface area contributed by atoms with Crippen LogP contribution in [0.25, 0.3) is 0 Å². The maximum Gasteiger partial charge on any atom is 0.129 e. The van der Waals surface area contributed by atoms with Crippen LogP contribution in [0.2, 0.25) is 5.02 Å². The van der Waals surface area contributed by atoms with Crippen LogP contribution in [0.4, 0.5) is 4.39 Å². The Balaban J connectivity index is 2.25. The van der Waals surface area contributed by atoms with Crippen molar-refractivity contribution in [2.24, 2.45) is 0 Å². The third-order valence-electron chi connectivity index (χ3n) is 2.36. The topological polar surface area (TPSA) is 26.7 Å². The molecule has 1 N–H and O–H groups in total. The minimum atomic E-state index is -0.457. The van der Waals surface area contributed by atoms with E-state index in [4.69, 9.17) is 34.8 Å². The number of hydrazine groups is 1. The zero-order valence-electron chi connectivity index (χ0n) is 8.95. The van der Waals surface area contributed by atoms with Gasteiger partial charge in [-0.3, -0.25) is 10.2 Å². The third-order valence-corrected chi connectivity index (χ3v) is 3.42. The number of hydrogen-bond donors (Lipinski definition) is 1. The third kappa shape index (κ3) is 2.72. The molecule has 0 atom stereocenters. The van der Waals surface area contributed by atoms with Gasteiger partial charge < -0.3 is 0 Å². The van der Waals surface area contributed by atoms with Gasteiger partial charge in [0, 0.05) is 16.8 Å². The molecule has 0 unspecified atom stereocenters. The summed E-state index contributed by atoms with van der Waals surface area (Å²) in [5.74, 6) is -0.457. The molecule has 2 rings (SSSR count). The molecular weight excluding hydrogens is 301 g/mol. The second-order valence-electron chi connectivity index (χ2n) is 3.57. The summed E-state index contributed by atoms with van der Waals surface area (Å²) in [5.41, 5.74) is 0.255. The average molecular weight is 310 g/mol. The molecule has 18 heavy (non-hydrogen) atoms. The first-order valence-electron chi connectivity index (χ1n) is 4.91. The van der Waals surface area contributed by atoms with Crippen molar-refractivity contribution in [2.45, 2.75) is 6.54 Å². The number of hydroxylamine groups is 1. The van der Waals surface area contributed by atoms with Gasteiger partial charge in [0.25, 0.3) is 0 Å². The van der Waals surface area contributed by atoms with E-state index in [0.29, 0.717) is 0 Å². The Morgan fingerprint density at radius 3 is 2.44 bits per heavy atom. The van der Waals surface area contributed by atoms with Crippen molar-refractivity contribution in [2.75, 3.05) is 0 Å². The van der Waals surface area contributed by atoms with E-state index in [1.165, 1.54) is 29.5 Å². The summed E-state index contributed by atoms with van der Waals surface area (Å²) >= 11 is 17.5. The molecule has 1 heterocycles. The van der Waals surface area contributed by atoms with E-state index in [-0.39, 0.29) is 27.2 Å². The fraction of sp³-hybridized carbons (Fsp3) is 0.0909. The van der Waals surface area contributed by atoms with Gasteiger partial charge in [-0.25, -0.2) is 4.39 Å². The highest BCUT2D eigenvalue weighted by Crippen LogP contribution is 2.28. The first kappa shape index (κ1) is 13.5. The number of rotatable bonds is 2. The van der Waals surface area contributed by atoms with Crippen LogP contribution in [-0.4, -0.2) is 15.4 Å². The second-order valence-corrected chi connectivity index (χ2v) is 4.79. The number of allylic oxidation sites excluding steroid dienone is 2. The lowest BCUT2D eigenvalue weighted by Crippen LogP contribution is -2.34. The maximum absolute atomic E-state index is 13.6. The first-order chi connectivity index (χ1) is 8.49. The molecule has 0 bridgehead atoms. The van der Waals surface area contributed by atoms with Gasteiger partial charge in [-0.15, -0.1) is 0 Å². The average Bonchev–Trinajstić information content (AvgIpc) is 2.30. The predicted octanol–water partition coefficient (Wildman–Crippen LogP) is 4.06. The van der Waals surface area contributed by atoms with Crippen LogP contribution >= 0.6 is 34.8 Å². The van der Waals surface area contributed by atoms with E-state index in [9.17, 15) is 9.60 Å². The largest absolute Gasteiger partial charge is 0.269 e. The minimum absolute atomic E-state index is 0.0267. The highest BCUT2D eigenvalue weighted by molar-refractivity contribution is 6.43. The van der Waals surface area contributed by atoms with Crippen molar-refractivity contribution in [3.05, 3.63) is 57.1 Å². The van der Waals surface area contributed by atoms with E-state index >= 15 is 0 Å². The van der Waals surface area contributed by atoms with E-state index < -0.39 is 5.82 Å². The van der Waals surface area contributed by atoms with Crippen molar-refractivity contribution in [1.82, 2.24) is 10.2 Å². The van der Waals surface area contributed by atoms with Crippen LogP contribution in [0, 0.1) is 5.82 Å². The normalized spacial score (nSPS) is 15.6. The van der Waals surface area contributed by atoms with Crippen LogP contribution in [0.15, 0.2) is 40.7 Å². The molecule has 3 nitrogen and oxygen atoms in total. The van der Waals surface area contributed by atoms with Gasteiger partial charge in [0.2, 0.25) is 0 Å². The molecule has 1 aliphatic rings. The molecule has 96 valence electrons. The maximum atomic E-state index is 13.6. The fourth-order valence-corrected chi connectivity index (χ4v) is 1.97. The van der Waals surface area contributed by atoms with Crippen molar-refractivity contribution in [3.8, 4) is 0 Å². The molecule has 0 spiro atoms. The van der Waals surface area contributed by atoms with Crippen molar-refractivity contribution >= 4 is 34.8 Å². The molecule has 1 aromatic rings. The van der Waals surface area contributed by atoms with Crippen LogP contribution < -0.4 is 0 Å². The summed E-state index contributed by atoms with van der Waals surface area (Å²) < 4.78 is 13.6. The summed E-state index contributed by atoms with van der Waals surface area (Å²) in [6.07, 6.45) is 2.59. The standard InChI is InChI=1S/C11H8Cl3FN2O/c12-8-2-1-3-11(15)7(8)4-16-5-9(13)10(14)6-17(16)18/h1-3,5-6,18H,4H2. The number of hydrogen-bond acceptors (Lipinski definition) is 3. The molecule has 0 saturated heterocycles. The van der Waals surface area contributed by atoms with Gasteiger partial charge in [0.15, 0.2) is 0 Å². The SMILES string of the molecule is ON1C=C(Cl)C(Cl)=CN1Cc1c(F)cccc1Cl. The Labute approximate surface area is 118 Å². The lowest BCUT2D eigenvalue weighted by molar-refractivity contribution is -0.189. The molecule has 1 aliphatic heterocycles. The van der Waals surface area contributed by atoms with E-state index in [2.05, 4.69) is 0 Å². The molecule has 0 aliphatic carbocycles. The summed E-state index contributed by atoms with van der Waals surface area (Å²) in [5, 5.41) is 12.3. The second kappa shape index (κ2) is 5.36. The van der Waals surface area contributed by atoms with E-state index in [0.717, 1.165) is 5.17 Å². The fourth-order valence-electron chi connectivity index (χ4n) is 1.45. The smallest absolute Gasteiger partial charge is 0.129 e. The van der Waals surface area contributed by atoms with E-state index in [1.54, 1.807) is 6.07 Å². The highest BCUT2D eigenvalue weighted by atomic mass is 35.5. The lowest BCUT2D eigenvalue weighted by atomic mass is 10.2. The Morgan fingerprint density at radius 2 is 1.78 bits per heavy atom. The Kier molecular flexibility index (Phi) is 4.02. The van der Waals surface area contributed by atoms with E-state index in [1.807, 2.05) is 0 Å². The zero-order chi connectivity index (χ0) is 13.3. The molecule has 0 saturated carbocycles. The van der Waals surface area contributed by atoms with Crippen molar-refractivity contribution in [1.29, 1.82) is 0 Å². The molecule has 0 radical (unpaired) electrons. The van der Waals surface area contributed by atoms with Gasteiger partial charge in [-0.05, 0) is 12.1 Å². The highest BCUT2D eigenvalue weighted by Gasteiger charge is 2.18. The van der Waals surface area contributed by atoms with Gasteiger partial charge in [0.1, 0.15) is 5.82 Å². The van der Waals surface area contributed by atoms with Gasteiger partial charge in [-0.1, -0.05) is 40.9 Å². The monoisotopic (exact) mass is 308 g/mol. The Bertz CT molecular complexity index is 513. The first-order valence-corrected chi connectivity index (χ1v) is 6.05. The quantitative estimate of drug-likeness (QED) is 0.892. The summed E-state index contributed by atoms with van der Waals surface area (Å²) in [6.45, 7) is 0.0267. The molecule has 0 aromatic heterocycles. The number of nitrogens with zero attached hydrogens (tertiary/aromatic N) is 2. The van der Waals surface area contributed by atoms with Gasteiger partial charge >= 0.3 is 0 Å². The molecular formula is C11H8Cl3FN2O. The predicted molar refractivity (Wildman–Crippen MR) is 68.5 cm³/mol. The number of halogens is 4. The number of benzene rings is 1. The van der Waals surface area contributed by atoms with Gasteiger partial charge in [0.05, 0.1) is 22.8 Å². The molecule has 0 amide bonds. The summed E-state index contributed by atoms with van der Waals surface area (Å²) in [7, 11) is 0. The molecule has 0 fully saturated rings. The van der Waals surface area contributed by atoms with Crippen LogP contribution in [0.1, 0.15) is 5.56 Å². The molecule has 1 aromatic carbocycles.